The van der Waals surface area contributed by atoms with Crippen LogP contribution in [0.15, 0.2) is 30.5 Å². The normalized spacial score (nSPS) is 11.6. The first-order chi connectivity index (χ1) is 9.70. The fraction of sp³-hybridized carbons (Fsp3) is 0.556. The zero-order valence-corrected chi connectivity index (χ0v) is 13.2. The van der Waals surface area contributed by atoms with E-state index in [2.05, 4.69) is 61.1 Å². The number of fused-ring (bicyclic) bond motifs is 1. The van der Waals surface area contributed by atoms with Crippen molar-refractivity contribution >= 4 is 10.9 Å². The number of hydrogen-bond donors (Lipinski definition) is 1. The predicted molar refractivity (Wildman–Crippen MR) is 88.0 cm³/mol. The lowest BCUT2D eigenvalue weighted by molar-refractivity contribution is 0.552. The summed E-state index contributed by atoms with van der Waals surface area (Å²) in [7, 11) is 0. The molecule has 20 heavy (non-hydrogen) atoms. The summed E-state index contributed by atoms with van der Waals surface area (Å²) in [5.41, 5.74) is 2.75. The molecule has 0 amide bonds. The van der Waals surface area contributed by atoms with Crippen LogP contribution in [0.2, 0.25) is 0 Å². The zero-order chi connectivity index (χ0) is 14.4. The molecule has 0 atom stereocenters. The molecule has 0 aliphatic carbocycles. The van der Waals surface area contributed by atoms with E-state index in [1.54, 1.807) is 0 Å². The molecule has 2 nitrogen and oxygen atoms in total. The number of benzene rings is 1. The molecule has 2 rings (SSSR count). The summed E-state index contributed by atoms with van der Waals surface area (Å²) in [5, 5.41) is 4.87. The van der Waals surface area contributed by atoms with Gasteiger partial charge in [0.15, 0.2) is 0 Å². The maximum absolute atomic E-state index is 3.51. The second kappa shape index (κ2) is 7.49. The first kappa shape index (κ1) is 15.1. The van der Waals surface area contributed by atoms with Gasteiger partial charge in [-0.05, 0) is 48.0 Å². The van der Waals surface area contributed by atoms with E-state index in [4.69, 9.17) is 0 Å². The summed E-state index contributed by atoms with van der Waals surface area (Å²) in [6.45, 7) is 9.93. The van der Waals surface area contributed by atoms with Gasteiger partial charge >= 0.3 is 0 Å². The first-order valence-electron chi connectivity index (χ1n) is 7.99. The highest BCUT2D eigenvalue weighted by atomic mass is 14.9. The Bertz CT molecular complexity index is 525. The van der Waals surface area contributed by atoms with Crippen LogP contribution in [0, 0.1) is 5.92 Å². The number of hydrogen-bond acceptors (Lipinski definition) is 1. The van der Waals surface area contributed by atoms with E-state index in [0.717, 1.165) is 19.6 Å². The molecular weight excluding hydrogens is 244 g/mol. The SMILES string of the molecule is CCCCCn1ccc2cc(CNCC(C)C)ccc21. The zero-order valence-electron chi connectivity index (χ0n) is 13.2. The summed E-state index contributed by atoms with van der Waals surface area (Å²) in [5.74, 6) is 0.707. The van der Waals surface area contributed by atoms with Crippen molar-refractivity contribution in [1.82, 2.24) is 9.88 Å². The topological polar surface area (TPSA) is 17.0 Å². The molecule has 0 fully saturated rings. The minimum Gasteiger partial charge on any atom is -0.347 e. The Kier molecular flexibility index (Phi) is 5.66. The monoisotopic (exact) mass is 272 g/mol. The molecule has 2 aromatic rings. The Morgan fingerprint density at radius 3 is 2.75 bits per heavy atom. The van der Waals surface area contributed by atoms with E-state index in [9.17, 15) is 0 Å². The lowest BCUT2D eigenvalue weighted by Gasteiger charge is -2.08. The van der Waals surface area contributed by atoms with E-state index < -0.39 is 0 Å². The van der Waals surface area contributed by atoms with Gasteiger partial charge in [-0.1, -0.05) is 39.7 Å². The molecule has 0 saturated carbocycles. The number of nitrogens with one attached hydrogen (secondary N) is 1. The van der Waals surface area contributed by atoms with Gasteiger partial charge in [0.25, 0.3) is 0 Å². The summed E-state index contributed by atoms with van der Waals surface area (Å²) < 4.78 is 2.39. The Hall–Kier alpha value is -1.28. The summed E-state index contributed by atoms with van der Waals surface area (Å²) in [6.07, 6.45) is 6.10. The smallest absolute Gasteiger partial charge is 0.0480 e. The highest BCUT2D eigenvalue weighted by Gasteiger charge is 2.02. The van der Waals surface area contributed by atoms with Crippen LogP contribution in [0.5, 0.6) is 0 Å². The molecule has 1 aromatic carbocycles. The van der Waals surface area contributed by atoms with Crippen LogP contribution in [0.1, 0.15) is 45.6 Å². The number of aryl methyl sites for hydroxylation is 1. The molecular formula is C18H28N2. The van der Waals surface area contributed by atoms with Crippen LogP contribution >= 0.6 is 0 Å². The Morgan fingerprint density at radius 2 is 2.00 bits per heavy atom. The molecule has 1 heterocycles. The Balaban J connectivity index is 2.00. The van der Waals surface area contributed by atoms with Gasteiger partial charge in [-0.15, -0.1) is 0 Å². The van der Waals surface area contributed by atoms with E-state index in [0.29, 0.717) is 5.92 Å². The lowest BCUT2D eigenvalue weighted by Crippen LogP contribution is -2.18. The second-order valence-corrected chi connectivity index (χ2v) is 6.13. The number of aromatic nitrogens is 1. The predicted octanol–water partition coefficient (Wildman–Crippen LogP) is 4.58. The van der Waals surface area contributed by atoms with Gasteiger partial charge in [-0.2, -0.15) is 0 Å². The highest BCUT2D eigenvalue weighted by molar-refractivity contribution is 5.80. The van der Waals surface area contributed by atoms with Gasteiger partial charge in [0, 0.05) is 24.8 Å². The number of unbranched alkanes of at least 4 members (excludes halogenated alkanes) is 2. The summed E-state index contributed by atoms with van der Waals surface area (Å²) in [4.78, 5) is 0. The Labute approximate surface area is 123 Å². The minimum absolute atomic E-state index is 0.707. The molecule has 0 spiro atoms. The van der Waals surface area contributed by atoms with E-state index >= 15 is 0 Å². The second-order valence-electron chi connectivity index (χ2n) is 6.13. The fourth-order valence-corrected chi connectivity index (χ4v) is 2.59. The average Bonchev–Trinajstić information content (AvgIpc) is 2.81. The molecule has 1 aromatic heterocycles. The summed E-state index contributed by atoms with van der Waals surface area (Å²) >= 11 is 0. The highest BCUT2D eigenvalue weighted by Crippen LogP contribution is 2.18. The van der Waals surface area contributed by atoms with Crippen molar-refractivity contribution in [1.29, 1.82) is 0 Å². The van der Waals surface area contributed by atoms with Crippen molar-refractivity contribution in [3.63, 3.8) is 0 Å². The molecule has 0 aliphatic rings. The molecule has 0 bridgehead atoms. The largest absolute Gasteiger partial charge is 0.347 e. The van der Waals surface area contributed by atoms with Crippen LogP contribution in [0.4, 0.5) is 0 Å². The minimum atomic E-state index is 0.707. The van der Waals surface area contributed by atoms with Crippen LogP contribution < -0.4 is 5.32 Å². The molecule has 110 valence electrons. The van der Waals surface area contributed by atoms with Crippen molar-refractivity contribution in [2.24, 2.45) is 5.92 Å². The standard InChI is InChI=1S/C18H28N2/c1-4-5-6-10-20-11-9-17-12-16(7-8-18(17)20)14-19-13-15(2)3/h7-9,11-12,15,19H,4-6,10,13-14H2,1-3H3. The maximum Gasteiger partial charge on any atom is 0.0480 e. The van der Waals surface area contributed by atoms with Gasteiger partial charge in [0.1, 0.15) is 0 Å². The van der Waals surface area contributed by atoms with Crippen molar-refractivity contribution in [2.75, 3.05) is 6.54 Å². The average molecular weight is 272 g/mol. The number of nitrogens with zero attached hydrogens (tertiary/aromatic N) is 1. The number of rotatable bonds is 8. The van der Waals surface area contributed by atoms with Crippen molar-refractivity contribution < 1.29 is 0 Å². The molecule has 1 N–H and O–H groups in total. The van der Waals surface area contributed by atoms with Gasteiger partial charge in [-0.3, -0.25) is 0 Å². The van der Waals surface area contributed by atoms with E-state index in [-0.39, 0.29) is 0 Å². The van der Waals surface area contributed by atoms with Crippen LogP contribution in [-0.4, -0.2) is 11.1 Å². The molecule has 0 radical (unpaired) electrons. The molecule has 0 saturated heterocycles. The van der Waals surface area contributed by atoms with Gasteiger partial charge in [-0.25, -0.2) is 0 Å². The van der Waals surface area contributed by atoms with Crippen molar-refractivity contribution in [3.05, 3.63) is 36.0 Å². The third-order valence-electron chi connectivity index (χ3n) is 3.72. The molecule has 2 heteroatoms. The van der Waals surface area contributed by atoms with Gasteiger partial charge < -0.3 is 9.88 Å². The van der Waals surface area contributed by atoms with Crippen LogP contribution in [0.25, 0.3) is 10.9 Å². The van der Waals surface area contributed by atoms with E-state index in [1.807, 2.05) is 0 Å². The first-order valence-corrected chi connectivity index (χ1v) is 7.99. The fourth-order valence-electron chi connectivity index (χ4n) is 2.59. The lowest BCUT2D eigenvalue weighted by atomic mass is 10.1. The third-order valence-corrected chi connectivity index (χ3v) is 3.72. The maximum atomic E-state index is 3.51. The Morgan fingerprint density at radius 1 is 1.15 bits per heavy atom. The van der Waals surface area contributed by atoms with Gasteiger partial charge in [0.05, 0.1) is 0 Å². The molecule has 0 unspecified atom stereocenters. The van der Waals surface area contributed by atoms with Crippen LogP contribution in [-0.2, 0) is 13.1 Å². The molecule has 0 aliphatic heterocycles. The quantitative estimate of drug-likeness (QED) is 0.696. The third kappa shape index (κ3) is 4.11. The van der Waals surface area contributed by atoms with Gasteiger partial charge in [0.2, 0.25) is 0 Å². The van der Waals surface area contributed by atoms with Crippen molar-refractivity contribution in [2.45, 2.75) is 53.1 Å². The van der Waals surface area contributed by atoms with E-state index in [1.165, 1.54) is 35.7 Å². The van der Waals surface area contributed by atoms with Crippen LogP contribution in [0.3, 0.4) is 0 Å². The van der Waals surface area contributed by atoms with Crippen molar-refractivity contribution in [3.8, 4) is 0 Å². The summed E-state index contributed by atoms with van der Waals surface area (Å²) in [6, 6.07) is 9.09.